The number of amides is 1. The number of anilines is 1. The Morgan fingerprint density at radius 2 is 1.95 bits per heavy atom. The molecule has 2 aromatic carbocycles. The standard InChI is InChI=1S/C16H17ClN2O2/c1-21-15-7-4-13(17)9-12(15)10-19-14-5-2-11(3-6-14)8-16(18)20/h2-7,9,19H,8,10H2,1H3,(H2,18,20). The van der Waals surface area contributed by atoms with E-state index in [0.29, 0.717) is 11.6 Å². The Labute approximate surface area is 128 Å². The maximum absolute atomic E-state index is 10.8. The Balaban J connectivity index is 2.03. The van der Waals surface area contributed by atoms with E-state index in [1.54, 1.807) is 13.2 Å². The quantitative estimate of drug-likeness (QED) is 0.862. The zero-order valence-corrected chi connectivity index (χ0v) is 12.5. The van der Waals surface area contributed by atoms with Crippen molar-refractivity contribution in [2.45, 2.75) is 13.0 Å². The Hall–Kier alpha value is -2.20. The number of methoxy groups -OCH3 is 1. The summed E-state index contributed by atoms with van der Waals surface area (Å²) >= 11 is 6.00. The molecule has 110 valence electrons. The molecule has 2 rings (SSSR count). The average molecular weight is 305 g/mol. The molecule has 0 aliphatic heterocycles. The van der Waals surface area contributed by atoms with Crippen molar-refractivity contribution in [2.75, 3.05) is 12.4 Å². The number of carbonyl (C=O) groups is 1. The fourth-order valence-electron chi connectivity index (χ4n) is 2.02. The Morgan fingerprint density at radius 1 is 1.24 bits per heavy atom. The minimum absolute atomic E-state index is 0.252. The first-order chi connectivity index (χ1) is 10.1. The lowest BCUT2D eigenvalue weighted by atomic mass is 10.1. The van der Waals surface area contributed by atoms with Gasteiger partial charge in [0.1, 0.15) is 5.75 Å². The largest absolute Gasteiger partial charge is 0.496 e. The zero-order chi connectivity index (χ0) is 15.2. The number of halogens is 1. The van der Waals surface area contributed by atoms with Crippen LogP contribution in [0, 0.1) is 0 Å². The highest BCUT2D eigenvalue weighted by Crippen LogP contribution is 2.23. The van der Waals surface area contributed by atoms with Crippen LogP contribution in [-0.2, 0) is 17.8 Å². The number of benzene rings is 2. The lowest BCUT2D eigenvalue weighted by Crippen LogP contribution is -2.13. The predicted octanol–water partition coefficient (Wildman–Crippen LogP) is 2.99. The highest BCUT2D eigenvalue weighted by molar-refractivity contribution is 6.30. The predicted molar refractivity (Wildman–Crippen MR) is 84.7 cm³/mol. The maximum Gasteiger partial charge on any atom is 0.221 e. The zero-order valence-electron chi connectivity index (χ0n) is 11.7. The highest BCUT2D eigenvalue weighted by Gasteiger charge is 2.04. The lowest BCUT2D eigenvalue weighted by molar-refractivity contribution is -0.117. The van der Waals surface area contributed by atoms with Crippen LogP contribution in [0.2, 0.25) is 5.02 Å². The third-order valence-electron chi connectivity index (χ3n) is 3.06. The second kappa shape index (κ2) is 6.99. The molecule has 0 fully saturated rings. The topological polar surface area (TPSA) is 64.3 Å². The van der Waals surface area contributed by atoms with E-state index in [4.69, 9.17) is 22.1 Å². The van der Waals surface area contributed by atoms with Gasteiger partial charge >= 0.3 is 0 Å². The number of carbonyl (C=O) groups excluding carboxylic acids is 1. The van der Waals surface area contributed by atoms with Crippen LogP contribution >= 0.6 is 11.6 Å². The number of hydrogen-bond acceptors (Lipinski definition) is 3. The van der Waals surface area contributed by atoms with Gasteiger partial charge in [0, 0.05) is 22.8 Å². The SMILES string of the molecule is COc1ccc(Cl)cc1CNc1ccc(CC(N)=O)cc1. The Morgan fingerprint density at radius 3 is 2.57 bits per heavy atom. The first kappa shape index (κ1) is 15.2. The van der Waals surface area contributed by atoms with E-state index in [2.05, 4.69) is 5.32 Å². The molecule has 0 spiro atoms. The molecule has 0 radical (unpaired) electrons. The van der Waals surface area contributed by atoms with Gasteiger partial charge in [0.2, 0.25) is 5.91 Å². The molecular formula is C16H17ClN2O2. The van der Waals surface area contributed by atoms with Gasteiger partial charge in [0.15, 0.2) is 0 Å². The third kappa shape index (κ3) is 4.39. The van der Waals surface area contributed by atoms with E-state index >= 15 is 0 Å². The molecule has 0 unspecified atom stereocenters. The molecule has 0 saturated heterocycles. The molecule has 0 heterocycles. The summed E-state index contributed by atoms with van der Waals surface area (Å²) in [6.07, 6.45) is 0.252. The molecule has 3 N–H and O–H groups in total. The van der Waals surface area contributed by atoms with Crippen molar-refractivity contribution in [2.24, 2.45) is 5.73 Å². The van der Waals surface area contributed by atoms with Crippen LogP contribution in [0.1, 0.15) is 11.1 Å². The van der Waals surface area contributed by atoms with Crippen LogP contribution < -0.4 is 15.8 Å². The molecule has 0 atom stereocenters. The number of nitrogens with two attached hydrogens (primary N) is 1. The molecule has 0 aromatic heterocycles. The van der Waals surface area contributed by atoms with E-state index in [1.165, 1.54) is 0 Å². The van der Waals surface area contributed by atoms with Gasteiger partial charge in [-0.2, -0.15) is 0 Å². The molecule has 0 aliphatic rings. The van der Waals surface area contributed by atoms with Crippen molar-refractivity contribution >= 4 is 23.2 Å². The monoisotopic (exact) mass is 304 g/mol. The average Bonchev–Trinajstić information content (AvgIpc) is 2.46. The molecule has 0 aliphatic carbocycles. The number of primary amides is 1. The van der Waals surface area contributed by atoms with Gasteiger partial charge in [0.05, 0.1) is 13.5 Å². The van der Waals surface area contributed by atoms with Crippen LogP contribution in [0.3, 0.4) is 0 Å². The van der Waals surface area contributed by atoms with Crippen molar-refractivity contribution in [1.82, 2.24) is 0 Å². The summed E-state index contributed by atoms with van der Waals surface area (Å²) in [6.45, 7) is 0.596. The minimum atomic E-state index is -0.334. The minimum Gasteiger partial charge on any atom is -0.496 e. The molecule has 0 bridgehead atoms. The molecule has 5 heteroatoms. The smallest absolute Gasteiger partial charge is 0.221 e. The van der Waals surface area contributed by atoms with Gasteiger partial charge < -0.3 is 15.8 Å². The summed E-state index contributed by atoms with van der Waals surface area (Å²) in [6, 6.07) is 13.1. The Bertz CT molecular complexity index is 627. The molecular weight excluding hydrogens is 288 g/mol. The molecule has 1 amide bonds. The van der Waals surface area contributed by atoms with Gasteiger partial charge in [0.25, 0.3) is 0 Å². The van der Waals surface area contributed by atoms with E-state index < -0.39 is 0 Å². The molecule has 2 aromatic rings. The maximum atomic E-state index is 10.8. The summed E-state index contributed by atoms with van der Waals surface area (Å²) in [5.74, 6) is 0.455. The van der Waals surface area contributed by atoms with Crippen LogP contribution in [-0.4, -0.2) is 13.0 Å². The van der Waals surface area contributed by atoms with Crippen molar-refractivity contribution in [1.29, 1.82) is 0 Å². The number of rotatable bonds is 6. The van der Waals surface area contributed by atoms with Gasteiger partial charge in [-0.3, -0.25) is 4.79 Å². The van der Waals surface area contributed by atoms with Crippen molar-refractivity contribution in [3.8, 4) is 5.75 Å². The second-order valence-corrected chi connectivity index (χ2v) is 5.09. The second-order valence-electron chi connectivity index (χ2n) is 4.65. The lowest BCUT2D eigenvalue weighted by Gasteiger charge is -2.11. The Kier molecular flexibility index (Phi) is 5.06. The fourth-order valence-corrected chi connectivity index (χ4v) is 2.22. The van der Waals surface area contributed by atoms with Crippen LogP contribution in [0.4, 0.5) is 5.69 Å². The molecule has 4 nitrogen and oxygen atoms in total. The number of ether oxygens (including phenoxy) is 1. The summed E-state index contributed by atoms with van der Waals surface area (Å²) in [4.78, 5) is 10.8. The van der Waals surface area contributed by atoms with Crippen molar-refractivity contribution < 1.29 is 9.53 Å². The summed E-state index contributed by atoms with van der Waals surface area (Å²) in [7, 11) is 1.63. The fraction of sp³-hybridized carbons (Fsp3) is 0.188. The summed E-state index contributed by atoms with van der Waals surface area (Å²) in [5.41, 5.74) is 7.99. The van der Waals surface area contributed by atoms with Gasteiger partial charge in [-0.1, -0.05) is 23.7 Å². The molecule has 21 heavy (non-hydrogen) atoms. The highest BCUT2D eigenvalue weighted by atomic mass is 35.5. The van der Waals surface area contributed by atoms with E-state index in [1.807, 2.05) is 36.4 Å². The van der Waals surface area contributed by atoms with Crippen molar-refractivity contribution in [3.63, 3.8) is 0 Å². The van der Waals surface area contributed by atoms with Gasteiger partial charge in [-0.15, -0.1) is 0 Å². The first-order valence-corrected chi connectivity index (χ1v) is 6.90. The summed E-state index contributed by atoms with van der Waals surface area (Å²) in [5, 5.41) is 3.96. The van der Waals surface area contributed by atoms with Crippen LogP contribution in [0.5, 0.6) is 5.75 Å². The van der Waals surface area contributed by atoms with E-state index in [-0.39, 0.29) is 12.3 Å². The number of nitrogens with one attached hydrogen (secondary N) is 1. The first-order valence-electron chi connectivity index (χ1n) is 6.52. The van der Waals surface area contributed by atoms with Gasteiger partial charge in [-0.05, 0) is 35.9 Å². The van der Waals surface area contributed by atoms with Gasteiger partial charge in [-0.25, -0.2) is 0 Å². The van der Waals surface area contributed by atoms with E-state index in [9.17, 15) is 4.79 Å². The normalized spacial score (nSPS) is 10.2. The van der Waals surface area contributed by atoms with Crippen molar-refractivity contribution in [3.05, 3.63) is 58.6 Å². The molecule has 0 saturated carbocycles. The van der Waals surface area contributed by atoms with Crippen LogP contribution in [0.25, 0.3) is 0 Å². The van der Waals surface area contributed by atoms with Crippen LogP contribution in [0.15, 0.2) is 42.5 Å². The van der Waals surface area contributed by atoms with E-state index in [0.717, 1.165) is 22.6 Å². The number of hydrogen-bond donors (Lipinski definition) is 2. The summed E-state index contributed by atoms with van der Waals surface area (Å²) < 4.78 is 5.30. The third-order valence-corrected chi connectivity index (χ3v) is 3.29.